The van der Waals surface area contributed by atoms with Crippen LogP contribution in [0.2, 0.25) is 10.0 Å². The first-order valence-electron chi connectivity index (χ1n) is 6.52. The summed E-state index contributed by atoms with van der Waals surface area (Å²) in [6, 6.07) is 5.29. The van der Waals surface area contributed by atoms with E-state index in [2.05, 4.69) is 5.10 Å². The van der Waals surface area contributed by atoms with Crippen LogP contribution in [-0.4, -0.2) is 34.4 Å². The molecule has 1 aliphatic rings. The van der Waals surface area contributed by atoms with Gasteiger partial charge in [0.2, 0.25) is 5.91 Å². The van der Waals surface area contributed by atoms with Crippen LogP contribution in [0.1, 0.15) is 31.7 Å². The number of aliphatic hydroxyl groups excluding tert-OH is 1. The third-order valence-electron chi connectivity index (χ3n) is 3.21. The molecular weight excluding hydrogens is 299 g/mol. The first-order valence-corrected chi connectivity index (χ1v) is 7.28. The van der Waals surface area contributed by atoms with Gasteiger partial charge in [0.25, 0.3) is 0 Å². The summed E-state index contributed by atoms with van der Waals surface area (Å²) < 4.78 is 0. The molecule has 1 aliphatic heterocycles. The Morgan fingerprint density at radius 3 is 2.75 bits per heavy atom. The molecule has 108 valence electrons. The minimum atomic E-state index is -0.559. The van der Waals surface area contributed by atoms with Gasteiger partial charge >= 0.3 is 0 Å². The van der Waals surface area contributed by atoms with Crippen molar-refractivity contribution in [3.8, 4) is 0 Å². The van der Waals surface area contributed by atoms with Crippen LogP contribution in [0.4, 0.5) is 0 Å². The Balaban J connectivity index is 2.24. The lowest BCUT2D eigenvalue weighted by Gasteiger charge is -2.25. The summed E-state index contributed by atoms with van der Waals surface area (Å²) in [5.74, 6) is -0.0682. The third kappa shape index (κ3) is 3.51. The molecule has 4 nitrogen and oxygen atoms in total. The fraction of sp³-hybridized carbons (Fsp3) is 0.429. The Kier molecular flexibility index (Phi) is 5.02. The quantitative estimate of drug-likeness (QED) is 0.928. The molecule has 1 amide bonds. The van der Waals surface area contributed by atoms with E-state index in [0.29, 0.717) is 29.3 Å². The largest absolute Gasteiger partial charge is 0.391 e. The van der Waals surface area contributed by atoms with Crippen LogP contribution in [0.25, 0.3) is 0 Å². The maximum atomic E-state index is 11.8. The average molecular weight is 315 g/mol. The molecule has 2 rings (SSSR count). The maximum absolute atomic E-state index is 11.8. The van der Waals surface area contributed by atoms with Crippen molar-refractivity contribution in [3.05, 3.63) is 33.8 Å². The van der Waals surface area contributed by atoms with Gasteiger partial charge in [-0.2, -0.15) is 5.10 Å². The number of aliphatic hydroxyl groups is 1. The molecule has 1 atom stereocenters. The van der Waals surface area contributed by atoms with Gasteiger partial charge in [-0.05, 0) is 24.1 Å². The highest BCUT2D eigenvalue weighted by Crippen LogP contribution is 2.25. The number of hydrazone groups is 1. The minimum Gasteiger partial charge on any atom is -0.391 e. The molecule has 20 heavy (non-hydrogen) atoms. The lowest BCUT2D eigenvalue weighted by molar-refractivity contribution is -0.133. The van der Waals surface area contributed by atoms with Gasteiger partial charge in [0.1, 0.15) is 0 Å². The van der Waals surface area contributed by atoms with Crippen molar-refractivity contribution in [2.75, 3.05) is 6.54 Å². The molecule has 1 N–H and O–H groups in total. The fourth-order valence-electron chi connectivity index (χ4n) is 1.95. The summed E-state index contributed by atoms with van der Waals surface area (Å²) in [6.07, 6.45) is 0.975. The number of rotatable bonds is 4. The van der Waals surface area contributed by atoms with E-state index in [1.165, 1.54) is 5.01 Å². The van der Waals surface area contributed by atoms with Gasteiger partial charge in [-0.25, -0.2) is 5.01 Å². The smallest absolute Gasteiger partial charge is 0.243 e. The van der Waals surface area contributed by atoms with E-state index in [0.717, 1.165) is 11.3 Å². The molecule has 1 heterocycles. The topological polar surface area (TPSA) is 52.9 Å². The molecule has 0 unspecified atom stereocenters. The molecule has 0 spiro atoms. The third-order valence-corrected chi connectivity index (χ3v) is 3.95. The van der Waals surface area contributed by atoms with Gasteiger partial charge in [-0.3, -0.25) is 4.79 Å². The first-order chi connectivity index (χ1) is 9.51. The zero-order valence-electron chi connectivity index (χ0n) is 11.1. The zero-order chi connectivity index (χ0) is 14.7. The predicted molar refractivity (Wildman–Crippen MR) is 80.2 cm³/mol. The second-order valence-corrected chi connectivity index (χ2v) is 5.53. The van der Waals surface area contributed by atoms with Crippen LogP contribution < -0.4 is 0 Å². The van der Waals surface area contributed by atoms with Crippen molar-refractivity contribution < 1.29 is 9.90 Å². The average Bonchev–Trinajstić information content (AvgIpc) is 2.44. The van der Waals surface area contributed by atoms with Gasteiger partial charge in [0.05, 0.1) is 28.4 Å². The number of amides is 1. The van der Waals surface area contributed by atoms with Gasteiger partial charge < -0.3 is 5.11 Å². The molecular formula is C14H16Cl2N2O2. The number of hydrogen-bond acceptors (Lipinski definition) is 3. The van der Waals surface area contributed by atoms with Crippen LogP contribution >= 0.6 is 23.2 Å². The Labute approximate surface area is 128 Å². The van der Waals surface area contributed by atoms with Crippen molar-refractivity contribution >= 4 is 34.8 Å². The van der Waals surface area contributed by atoms with Crippen molar-refractivity contribution in [1.29, 1.82) is 0 Å². The minimum absolute atomic E-state index is 0.0682. The molecule has 1 aromatic carbocycles. The molecule has 0 saturated carbocycles. The number of β-amino-alcohol motifs (C(OH)–C–C–N with tert-alkyl or cyclic N) is 1. The van der Waals surface area contributed by atoms with Crippen molar-refractivity contribution in [2.45, 2.75) is 32.3 Å². The molecule has 6 heteroatoms. The Morgan fingerprint density at radius 2 is 2.10 bits per heavy atom. The molecule has 0 aromatic heterocycles. The Hall–Kier alpha value is -1.10. The van der Waals surface area contributed by atoms with E-state index >= 15 is 0 Å². The van der Waals surface area contributed by atoms with Crippen LogP contribution in [0.5, 0.6) is 0 Å². The maximum Gasteiger partial charge on any atom is 0.243 e. The lowest BCUT2D eigenvalue weighted by Crippen LogP contribution is -2.37. The summed E-state index contributed by atoms with van der Waals surface area (Å²) in [6.45, 7) is 2.09. The number of hydrogen-bond donors (Lipinski definition) is 1. The lowest BCUT2D eigenvalue weighted by atomic mass is 10.0. The van der Waals surface area contributed by atoms with Gasteiger partial charge in [-0.15, -0.1) is 0 Å². The molecule has 0 radical (unpaired) electrons. The fourth-order valence-corrected chi connectivity index (χ4v) is 2.25. The second kappa shape index (κ2) is 6.57. The normalized spacial score (nSPS) is 17.1. The van der Waals surface area contributed by atoms with Gasteiger partial charge in [0, 0.05) is 12.8 Å². The van der Waals surface area contributed by atoms with Crippen molar-refractivity contribution in [2.24, 2.45) is 5.10 Å². The molecule has 0 fully saturated rings. The predicted octanol–water partition coefficient (Wildman–Crippen LogP) is 3.09. The zero-order valence-corrected chi connectivity index (χ0v) is 12.7. The van der Waals surface area contributed by atoms with Crippen LogP contribution in [0, 0.1) is 0 Å². The van der Waals surface area contributed by atoms with Crippen LogP contribution in [0.15, 0.2) is 23.3 Å². The monoisotopic (exact) mass is 314 g/mol. The number of nitrogens with zero attached hydrogens (tertiary/aromatic N) is 2. The summed E-state index contributed by atoms with van der Waals surface area (Å²) in [4.78, 5) is 11.8. The van der Waals surface area contributed by atoms with E-state index in [-0.39, 0.29) is 12.5 Å². The summed E-state index contributed by atoms with van der Waals surface area (Å²) in [5, 5.41) is 16.3. The number of benzene rings is 1. The highest BCUT2D eigenvalue weighted by molar-refractivity contribution is 6.42. The number of carbonyl (C=O) groups excluding carboxylic acids is 1. The Bertz CT molecular complexity index is 546. The summed E-state index contributed by atoms with van der Waals surface area (Å²) >= 11 is 11.9. The van der Waals surface area contributed by atoms with E-state index in [4.69, 9.17) is 23.2 Å². The molecule has 1 aromatic rings. The van der Waals surface area contributed by atoms with E-state index in [9.17, 15) is 9.90 Å². The van der Waals surface area contributed by atoms with E-state index < -0.39 is 6.10 Å². The highest BCUT2D eigenvalue weighted by atomic mass is 35.5. The van der Waals surface area contributed by atoms with E-state index in [1.54, 1.807) is 12.1 Å². The van der Waals surface area contributed by atoms with E-state index in [1.807, 2.05) is 13.0 Å². The van der Waals surface area contributed by atoms with Gasteiger partial charge in [0.15, 0.2) is 0 Å². The van der Waals surface area contributed by atoms with Crippen LogP contribution in [-0.2, 0) is 4.79 Å². The standard InChI is InChI=1S/C14H16Cl2N2O2/c1-2-10(19)8-18-14(20)6-5-13(17-18)9-3-4-11(15)12(16)7-9/h3-4,7,10,19H,2,5-6,8H2,1H3/t10-/m0/s1. The van der Waals surface area contributed by atoms with Gasteiger partial charge in [-0.1, -0.05) is 36.2 Å². The SMILES string of the molecule is CC[C@H](O)CN1N=C(c2ccc(Cl)c(Cl)c2)CCC1=O. The first kappa shape index (κ1) is 15.3. The second-order valence-electron chi connectivity index (χ2n) is 4.71. The number of halogens is 2. The summed E-state index contributed by atoms with van der Waals surface area (Å²) in [7, 11) is 0. The molecule has 0 bridgehead atoms. The Morgan fingerprint density at radius 1 is 1.35 bits per heavy atom. The van der Waals surface area contributed by atoms with Crippen molar-refractivity contribution in [3.63, 3.8) is 0 Å². The highest BCUT2D eigenvalue weighted by Gasteiger charge is 2.23. The van der Waals surface area contributed by atoms with Crippen molar-refractivity contribution in [1.82, 2.24) is 5.01 Å². The summed E-state index contributed by atoms with van der Waals surface area (Å²) in [5.41, 5.74) is 1.63. The molecule has 0 aliphatic carbocycles. The number of carbonyl (C=O) groups is 1. The molecule has 0 saturated heterocycles. The van der Waals surface area contributed by atoms with Crippen LogP contribution in [0.3, 0.4) is 0 Å².